The molecule has 2 aromatic rings. The van der Waals surface area contributed by atoms with E-state index in [1.54, 1.807) is 4.90 Å². The summed E-state index contributed by atoms with van der Waals surface area (Å²) < 4.78 is 5.80. The standard InChI is InChI=1S/C24H26N4O4S/c1-15-13-16(2)21-20(14-15)24(28(18(4)30)26-23(33-24)25-17(3)29)22(31)27(21)11-8-12-32-19-9-6-5-7-10-19/h5-7,9-10,13-14H,8,11-12H2,1-4H3,(H,25,26,29)/t24-/m0/s1. The Morgan fingerprint density at radius 3 is 2.55 bits per heavy atom. The Labute approximate surface area is 197 Å². The van der Waals surface area contributed by atoms with Gasteiger partial charge in [-0.25, -0.2) is 0 Å². The van der Waals surface area contributed by atoms with Gasteiger partial charge in [-0.15, -0.1) is 5.10 Å². The topological polar surface area (TPSA) is 91.3 Å². The molecule has 0 fully saturated rings. The van der Waals surface area contributed by atoms with Crippen LogP contribution in [0.25, 0.3) is 0 Å². The molecule has 1 N–H and O–H groups in total. The molecular weight excluding hydrogens is 440 g/mol. The van der Waals surface area contributed by atoms with Gasteiger partial charge in [0.2, 0.25) is 16.7 Å². The molecule has 0 aliphatic carbocycles. The molecule has 0 radical (unpaired) electrons. The van der Waals surface area contributed by atoms with E-state index in [0.29, 0.717) is 25.1 Å². The number of hydrazone groups is 1. The highest BCUT2D eigenvalue weighted by atomic mass is 32.2. The van der Waals surface area contributed by atoms with Crippen molar-refractivity contribution in [3.05, 3.63) is 59.2 Å². The maximum atomic E-state index is 13.9. The summed E-state index contributed by atoms with van der Waals surface area (Å²) in [5, 5.41) is 8.36. The fourth-order valence-corrected chi connectivity index (χ4v) is 5.60. The zero-order valence-electron chi connectivity index (χ0n) is 19.0. The third-order valence-corrected chi connectivity index (χ3v) is 6.71. The Balaban J connectivity index is 1.65. The van der Waals surface area contributed by atoms with Crippen LogP contribution in [0, 0.1) is 13.8 Å². The maximum absolute atomic E-state index is 13.9. The Morgan fingerprint density at radius 2 is 1.88 bits per heavy atom. The Bertz CT molecular complexity index is 1150. The van der Waals surface area contributed by atoms with Crippen LogP contribution in [0.3, 0.4) is 0 Å². The highest BCUT2D eigenvalue weighted by Crippen LogP contribution is 2.55. The fourth-order valence-electron chi connectivity index (χ4n) is 4.28. The van der Waals surface area contributed by atoms with Gasteiger partial charge in [0.1, 0.15) is 5.75 Å². The molecule has 2 aliphatic heterocycles. The number of nitrogens with zero attached hydrogens (tertiary/aromatic N) is 3. The molecule has 0 saturated carbocycles. The first-order chi connectivity index (χ1) is 15.7. The molecule has 0 bridgehead atoms. The molecule has 2 heterocycles. The number of hydrogen-bond acceptors (Lipinski definition) is 6. The van der Waals surface area contributed by atoms with E-state index in [2.05, 4.69) is 10.4 Å². The molecule has 8 nitrogen and oxygen atoms in total. The highest BCUT2D eigenvalue weighted by molar-refractivity contribution is 8.15. The van der Waals surface area contributed by atoms with Gasteiger partial charge < -0.3 is 15.0 Å². The third kappa shape index (κ3) is 4.08. The van der Waals surface area contributed by atoms with Crippen LogP contribution in [0.2, 0.25) is 0 Å². The number of amidine groups is 1. The van der Waals surface area contributed by atoms with Gasteiger partial charge in [-0.1, -0.05) is 35.9 Å². The van der Waals surface area contributed by atoms with Crippen LogP contribution in [0.5, 0.6) is 5.75 Å². The number of anilines is 1. The SMILES string of the molecule is CC(=O)NC1=NN(C(C)=O)[C@@]2(S1)C(=O)N(CCCOc1ccccc1)c1c(C)cc(C)cc12. The molecule has 3 amide bonds. The lowest BCUT2D eigenvalue weighted by atomic mass is 10.0. The van der Waals surface area contributed by atoms with E-state index >= 15 is 0 Å². The van der Waals surface area contributed by atoms with Gasteiger partial charge in [0, 0.05) is 26.0 Å². The molecule has 4 rings (SSSR count). The predicted molar refractivity (Wildman–Crippen MR) is 128 cm³/mol. The molecule has 2 aromatic carbocycles. The van der Waals surface area contributed by atoms with Crippen LogP contribution < -0.4 is 15.0 Å². The van der Waals surface area contributed by atoms with Gasteiger partial charge >= 0.3 is 0 Å². The summed E-state index contributed by atoms with van der Waals surface area (Å²) in [5.41, 5.74) is 3.41. The largest absolute Gasteiger partial charge is 0.494 e. The van der Waals surface area contributed by atoms with Crippen LogP contribution in [0.4, 0.5) is 5.69 Å². The third-order valence-electron chi connectivity index (χ3n) is 5.47. The van der Waals surface area contributed by atoms with E-state index in [9.17, 15) is 14.4 Å². The number of aryl methyl sites for hydroxylation is 2. The Kier molecular flexibility index (Phi) is 6.16. The van der Waals surface area contributed by atoms with Crippen molar-refractivity contribution >= 4 is 40.3 Å². The Morgan fingerprint density at radius 1 is 1.15 bits per heavy atom. The summed E-state index contributed by atoms with van der Waals surface area (Å²) in [4.78, 5) is 38.5. The zero-order valence-corrected chi connectivity index (χ0v) is 19.9. The molecule has 0 unspecified atom stereocenters. The van der Waals surface area contributed by atoms with Crippen molar-refractivity contribution in [3.63, 3.8) is 0 Å². The summed E-state index contributed by atoms with van der Waals surface area (Å²) in [6.07, 6.45) is 0.605. The molecule has 172 valence electrons. The fraction of sp³-hybridized carbons (Fsp3) is 0.333. The van der Waals surface area contributed by atoms with Gasteiger partial charge in [-0.3, -0.25) is 14.4 Å². The molecule has 0 aromatic heterocycles. The van der Waals surface area contributed by atoms with Gasteiger partial charge in [0.25, 0.3) is 5.91 Å². The molecule has 1 spiro atoms. The number of carbonyl (C=O) groups is 3. The van der Waals surface area contributed by atoms with E-state index < -0.39 is 4.87 Å². The number of thioether (sulfide) groups is 1. The van der Waals surface area contributed by atoms with Gasteiger partial charge in [0.05, 0.1) is 12.3 Å². The minimum Gasteiger partial charge on any atom is -0.494 e. The smallest absolute Gasteiger partial charge is 0.270 e. The molecule has 2 aliphatic rings. The van der Waals surface area contributed by atoms with Crippen LogP contribution >= 0.6 is 11.8 Å². The summed E-state index contributed by atoms with van der Waals surface area (Å²) in [7, 11) is 0. The van der Waals surface area contributed by atoms with Gasteiger partial charge in [-0.05, 0) is 49.7 Å². The van der Waals surface area contributed by atoms with Crippen molar-refractivity contribution < 1.29 is 19.1 Å². The maximum Gasteiger partial charge on any atom is 0.270 e. The molecule has 1 atom stereocenters. The van der Waals surface area contributed by atoms with Crippen LogP contribution in [0.1, 0.15) is 37.0 Å². The molecule has 33 heavy (non-hydrogen) atoms. The number of para-hydroxylation sites is 1. The number of carbonyl (C=O) groups excluding carboxylic acids is 3. The average molecular weight is 467 g/mol. The van der Waals surface area contributed by atoms with Crippen molar-refractivity contribution in [1.82, 2.24) is 10.3 Å². The van der Waals surface area contributed by atoms with Crippen LogP contribution in [0.15, 0.2) is 47.6 Å². The monoisotopic (exact) mass is 466 g/mol. The van der Waals surface area contributed by atoms with Crippen LogP contribution in [-0.2, 0) is 19.3 Å². The summed E-state index contributed by atoms with van der Waals surface area (Å²) >= 11 is 1.09. The van der Waals surface area contributed by atoms with Crippen LogP contribution in [-0.4, -0.2) is 41.0 Å². The number of ether oxygens (including phenoxy) is 1. The summed E-state index contributed by atoms with van der Waals surface area (Å²) in [6, 6.07) is 13.5. The first-order valence-corrected chi connectivity index (χ1v) is 11.5. The summed E-state index contributed by atoms with van der Waals surface area (Å²) in [5.74, 6) is -0.176. The number of fused-ring (bicyclic) bond motifs is 2. The summed E-state index contributed by atoms with van der Waals surface area (Å²) in [6.45, 7) is 7.51. The van der Waals surface area contributed by atoms with E-state index in [-0.39, 0.29) is 22.9 Å². The van der Waals surface area contributed by atoms with Gasteiger partial charge in [-0.2, -0.15) is 5.01 Å². The first-order valence-electron chi connectivity index (χ1n) is 10.7. The highest BCUT2D eigenvalue weighted by Gasteiger charge is 2.61. The Hall–Kier alpha value is -3.33. The minimum absolute atomic E-state index is 0.227. The number of amides is 3. The second-order valence-electron chi connectivity index (χ2n) is 8.11. The lowest BCUT2D eigenvalue weighted by molar-refractivity contribution is -0.139. The average Bonchev–Trinajstić information content (AvgIpc) is 3.24. The zero-order chi connectivity index (χ0) is 23.8. The van der Waals surface area contributed by atoms with E-state index in [1.807, 2.05) is 56.3 Å². The van der Waals surface area contributed by atoms with Crippen molar-refractivity contribution in [1.29, 1.82) is 0 Å². The van der Waals surface area contributed by atoms with E-state index in [0.717, 1.165) is 34.3 Å². The molecular formula is C24H26N4O4S. The normalized spacial score (nSPS) is 19.0. The first kappa shape index (κ1) is 22.8. The number of rotatable bonds is 5. The van der Waals surface area contributed by atoms with Crippen molar-refractivity contribution in [2.45, 2.75) is 39.0 Å². The second kappa shape index (κ2) is 8.90. The number of nitrogens with one attached hydrogen (secondary N) is 1. The van der Waals surface area contributed by atoms with E-state index in [1.165, 1.54) is 18.9 Å². The number of benzene rings is 2. The second-order valence-corrected chi connectivity index (χ2v) is 9.29. The lowest BCUT2D eigenvalue weighted by Crippen LogP contribution is -2.48. The van der Waals surface area contributed by atoms with Crippen molar-refractivity contribution in [2.75, 3.05) is 18.1 Å². The lowest BCUT2D eigenvalue weighted by Gasteiger charge is -2.29. The predicted octanol–water partition coefficient (Wildman–Crippen LogP) is 3.27. The molecule has 0 saturated heterocycles. The van der Waals surface area contributed by atoms with Gasteiger partial charge in [0.15, 0.2) is 5.17 Å². The minimum atomic E-state index is -1.38. The van der Waals surface area contributed by atoms with Crippen molar-refractivity contribution in [2.24, 2.45) is 5.10 Å². The quantitative estimate of drug-likeness (QED) is 0.683. The number of hydrogen-bond donors (Lipinski definition) is 1. The van der Waals surface area contributed by atoms with E-state index in [4.69, 9.17) is 4.74 Å². The van der Waals surface area contributed by atoms with Crippen molar-refractivity contribution in [3.8, 4) is 5.75 Å². The molecule has 9 heteroatoms.